The van der Waals surface area contributed by atoms with Gasteiger partial charge in [-0.25, -0.2) is 9.78 Å². The van der Waals surface area contributed by atoms with E-state index in [0.717, 1.165) is 16.7 Å². The SMILES string of the molecule is C[C@H](Sc1nc2cc(Cl)ccc2c(=O)n1C[C@@H](C)O)C(=O)N1CCNC1=O. The van der Waals surface area contributed by atoms with Crippen LogP contribution < -0.4 is 10.9 Å². The largest absolute Gasteiger partial charge is 0.392 e. The molecule has 3 amide bonds. The number of fused-ring (bicyclic) bond motifs is 1. The van der Waals surface area contributed by atoms with E-state index in [2.05, 4.69) is 10.3 Å². The fourth-order valence-electron chi connectivity index (χ4n) is 2.80. The van der Waals surface area contributed by atoms with Crippen LogP contribution in [-0.2, 0) is 11.3 Å². The van der Waals surface area contributed by atoms with Gasteiger partial charge in [-0.15, -0.1) is 0 Å². The van der Waals surface area contributed by atoms with Crippen molar-refractivity contribution in [1.29, 1.82) is 0 Å². The Balaban J connectivity index is 1.99. The number of aliphatic hydroxyl groups excluding tert-OH is 1. The summed E-state index contributed by atoms with van der Waals surface area (Å²) in [7, 11) is 0. The van der Waals surface area contributed by atoms with Crippen molar-refractivity contribution in [3.05, 3.63) is 33.6 Å². The topological polar surface area (TPSA) is 105 Å². The standard InChI is InChI=1S/C17H19ClN4O4S/c1-9(23)8-22-15(25)12-4-3-11(18)7-13(12)20-17(22)27-10(2)14(24)21-6-5-19-16(21)26/h3-4,7,9-10,23H,5-6,8H2,1-2H3,(H,19,26)/t9-,10+/m1/s1. The van der Waals surface area contributed by atoms with Gasteiger partial charge in [-0.1, -0.05) is 23.4 Å². The molecule has 2 heterocycles. The number of thioether (sulfide) groups is 1. The van der Waals surface area contributed by atoms with Crippen LogP contribution in [0.25, 0.3) is 10.9 Å². The molecular formula is C17H19ClN4O4S. The van der Waals surface area contributed by atoms with Gasteiger partial charge in [0, 0.05) is 18.1 Å². The highest BCUT2D eigenvalue weighted by Gasteiger charge is 2.31. The van der Waals surface area contributed by atoms with E-state index in [1.807, 2.05) is 0 Å². The number of urea groups is 1. The van der Waals surface area contributed by atoms with E-state index >= 15 is 0 Å². The lowest BCUT2D eigenvalue weighted by atomic mass is 10.2. The average molecular weight is 411 g/mol. The Bertz CT molecular complexity index is 962. The van der Waals surface area contributed by atoms with Crippen molar-refractivity contribution < 1.29 is 14.7 Å². The molecule has 0 radical (unpaired) electrons. The van der Waals surface area contributed by atoms with E-state index in [0.29, 0.717) is 29.0 Å². The van der Waals surface area contributed by atoms with Crippen LogP contribution in [0, 0.1) is 0 Å². The zero-order chi connectivity index (χ0) is 19.7. The van der Waals surface area contributed by atoms with Gasteiger partial charge in [0.2, 0.25) is 5.91 Å². The first-order valence-electron chi connectivity index (χ1n) is 8.42. The quantitative estimate of drug-likeness (QED) is 0.571. The van der Waals surface area contributed by atoms with Gasteiger partial charge in [-0.05, 0) is 32.0 Å². The summed E-state index contributed by atoms with van der Waals surface area (Å²) in [6.07, 6.45) is -0.774. The number of hydrogen-bond acceptors (Lipinski definition) is 6. The Morgan fingerprint density at radius 1 is 1.41 bits per heavy atom. The number of carbonyl (C=O) groups excluding carboxylic acids is 2. The molecule has 2 N–H and O–H groups in total. The molecule has 0 spiro atoms. The number of benzene rings is 1. The van der Waals surface area contributed by atoms with Crippen LogP contribution in [0.4, 0.5) is 4.79 Å². The van der Waals surface area contributed by atoms with Crippen molar-refractivity contribution in [2.75, 3.05) is 13.1 Å². The Kier molecular flexibility index (Phi) is 5.73. The Hall–Kier alpha value is -2.10. The van der Waals surface area contributed by atoms with Crippen LogP contribution in [0.15, 0.2) is 28.2 Å². The number of rotatable bonds is 5. The van der Waals surface area contributed by atoms with Gasteiger partial charge in [0.1, 0.15) is 0 Å². The molecule has 0 aliphatic carbocycles. The molecule has 0 saturated carbocycles. The Morgan fingerprint density at radius 3 is 2.78 bits per heavy atom. The maximum atomic E-state index is 12.9. The highest BCUT2D eigenvalue weighted by atomic mass is 35.5. The molecule has 2 aromatic rings. The number of nitrogens with zero attached hydrogens (tertiary/aromatic N) is 3. The van der Waals surface area contributed by atoms with Gasteiger partial charge in [-0.3, -0.25) is 19.1 Å². The van der Waals surface area contributed by atoms with Gasteiger partial charge in [0.25, 0.3) is 5.56 Å². The number of nitrogens with one attached hydrogen (secondary N) is 1. The monoisotopic (exact) mass is 410 g/mol. The molecule has 0 bridgehead atoms. The fraction of sp³-hybridized carbons (Fsp3) is 0.412. The van der Waals surface area contributed by atoms with Gasteiger partial charge >= 0.3 is 6.03 Å². The molecule has 2 atom stereocenters. The molecule has 3 rings (SSSR count). The second-order valence-corrected chi connectivity index (χ2v) is 8.05. The van der Waals surface area contributed by atoms with E-state index in [9.17, 15) is 19.5 Å². The molecule has 1 saturated heterocycles. The number of imide groups is 1. The average Bonchev–Trinajstić information content (AvgIpc) is 3.03. The predicted octanol–water partition coefficient (Wildman–Crippen LogP) is 1.46. The first kappa shape index (κ1) is 19.7. The first-order valence-corrected chi connectivity index (χ1v) is 9.67. The molecule has 144 valence electrons. The van der Waals surface area contributed by atoms with Crippen molar-refractivity contribution >= 4 is 46.2 Å². The molecule has 8 nitrogen and oxygen atoms in total. The smallest absolute Gasteiger partial charge is 0.324 e. The molecule has 1 aliphatic rings. The van der Waals surface area contributed by atoms with Gasteiger partial charge in [-0.2, -0.15) is 0 Å². The van der Waals surface area contributed by atoms with E-state index in [1.54, 1.807) is 32.0 Å². The zero-order valence-electron chi connectivity index (χ0n) is 14.8. The number of carbonyl (C=O) groups is 2. The summed E-state index contributed by atoms with van der Waals surface area (Å²) in [5, 5.41) is 12.8. The van der Waals surface area contributed by atoms with Crippen LogP contribution in [0.5, 0.6) is 0 Å². The summed E-state index contributed by atoms with van der Waals surface area (Å²) in [6.45, 7) is 3.98. The number of aliphatic hydroxyl groups is 1. The summed E-state index contributed by atoms with van der Waals surface area (Å²) in [4.78, 5) is 42.7. The molecule has 27 heavy (non-hydrogen) atoms. The first-order chi connectivity index (χ1) is 12.8. The minimum Gasteiger partial charge on any atom is -0.392 e. The van der Waals surface area contributed by atoms with Gasteiger partial charge in [0.05, 0.1) is 28.8 Å². The van der Waals surface area contributed by atoms with Crippen molar-refractivity contribution in [1.82, 2.24) is 19.8 Å². The van der Waals surface area contributed by atoms with Gasteiger partial charge < -0.3 is 10.4 Å². The second kappa shape index (κ2) is 7.87. The summed E-state index contributed by atoms with van der Waals surface area (Å²) < 4.78 is 1.35. The molecule has 0 unspecified atom stereocenters. The van der Waals surface area contributed by atoms with Crippen molar-refractivity contribution in [2.45, 2.75) is 36.9 Å². The van der Waals surface area contributed by atoms with Crippen molar-refractivity contribution in [3.8, 4) is 0 Å². The second-order valence-electron chi connectivity index (χ2n) is 6.30. The van der Waals surface area contributed by atoms with E-state index in [-0.39, 0.29) is 23.2 Å². The lowest BCUT2D eigenvalue weighted by Gasteiger charge is -2.19. The number of hydrogen-bond donors (Lipinski definition) is 2. The molecule has 10 heteroatoms. The van der Waals surface area contributed by atoms with E-state index in [4.69, 9.17) is 11.6 Å². The summed E-state index contributed by atoms with van der Waals surface area (Å²) in [5.74, 6) is -0.362. The zero-order valence-corrected chi connectivity index (χ0v) is 16.4. The number of aromatic nitrogens is 2. The third-order valence-electron chi connectivity index (χ3n) is 4.08. The maximum absolute atomic E-state index is 12.9. The molecule has 1 aromatic heterocycles. The van der Waals surface area contributed by atoms with Crippen LogP contribution in [0.1, 0.15) is 13.8 Å². The van der Waals surface area contributed by atoms with Crippen LogP contribution in [0.2, 0.25) is 5.02 Å². The van der Waals surface area contributed by atoms with E-state index in [1.165, 1.54) is 4.57 Å². The van der Waals surface area contributed by atoms with Crippen LogP contribution in [-0.4, -0.2) is 55.9 Å². The predicted molar refractivity (Wildman–Crippen MR) is 103 cm³/mol. The summed E-state index contributed by atoms with van der Waals surface area (Å²) in [5.41, 5.74) is 0.0917. The maximum Gasteiger partial charge on any atom is 0.324 e. The van der Waals surface area contributed by atoms with Crippen molar-refractivity contribution in [3.63, 3.8) is 0 Å². The summed E-state index contributed by atoms with van der Waals surface area (Å²) >= 11 is 7.08. The van der Waals surface area contributed by atoms with Gasteiger partial charge in [0.15, 0.2) is 5.16 Å². The molecule has 1 aliphatic heterocycles. The number of halogens is 1. The molecule has 1 fully saturated rings. The highest BCUT2D eigenvalue weighted by molar-refractivity contribution is 8.00. The normalized spacial score (nSPS) is 16.4. The summed E-state index contributed by atoms with van der Waals surface area (Å²) in [6, 6.07) is 4.34. The lowest BCUT2D eigenvalue weighted by Crippen LogP contribution is -2.39. The molecule has 1 aromatic carbocycles. The Labute approximate surface area is 164 Å². The molecular weight excluding hydrogens is 392 g/mol. The highest BCUT2D eigenvalue weighted by Crippen LogP contribution is 2.25. The fourth-order valence-corrected chi connectivity index (χ4v) is 3.95. The minimum atomic E-state index is -0.774. The number of amides is 3. The lowest BCUT2D eigenvalue weighted by molar-refractivity contribution is -0.126. The third-order valence-corrected chi connectivity index (χ3v) is 5.39. The van der Waals surface area contributed by atoms with Crippen molar-refractivity contribution in [2.24, 2.45) is 0 Å². The van der Waals surface area contributed by atoms with Crippen LogP contribution in [0.3, 0.4) is 0 Å². The Morgan fingerprint density at radius 2 is 2.15 bits per heavy atom. The minimum absolute atomic E-state index is 0.0395. The van der Waals surface area contributed by atoms with Crippen LogP contribution >= 0.6 is 23.4 Å². The third kappa shape index (κ3) is 4.10. The van der Waals surface area contributed by atoms with E-state index < -0.39 is 17.4 Å².